The molecule has 5 aromatic rings. The molecule has 1 aromatic heterocycles. The number of rotatable bonds is 9. The van der Waals surface area contributed by atoms with Crippen LogP contribution in [0.5, 0.6) is 0 Å². The van der Waals surface area contributed by atoms with Gasteiger partial charge in [-0.15, -0.1) is 23.1 Å². The Morgan fingerprint density at radius 3 is 2.29 bits per heavy atom. The molecule has 0 spiro atoms. The van der Waals surface area contributed by atoms with Crippen LogP contribution in [-0.2, 0) is 24.3 Å². The quantitative estimate of drug-likeness (QED) is 0.110. The number of nitrogens with zero attached hydrogens (tertiary/aromatic N) is 2. The summed E-state index contributed by atoms with van der Waals surface area (Å²) in [5, 5.41) is 20.3. The van der Waals surface area contributed by atoms with Crippen molar-refractivity contribution in [1.82, 2.24) is 4.90 Å². The van der Waals surface area contributed by atoms with Crippen LogP contribution in [-0.4, -0.2) is 22.5 Å². The maximum atomic E-state index is 14.0. The van der Waals surface area contributed by atoms with Crippen LogP contribution >= 0.6 is 35.3 Å². The predicted molar refractivity (Wildman–Crippen MR) is 190 cm³/mol. The molecular weight excluding hydrogens is 615 g/mol. The number of benzene rings is 4. The Morgan fingerprint density at radius 1 is 0.889 bits per heavy atom. The average Bonchev–Trinajstić information content (AvgIpc) is 3.41. The van der Waals surface area contributed by atoms with Crippen LogP contribution in [0.1, 0.15) is 32.4 Å². The van der Waals surface area contributed by atoms with Crippen molar-refractivity contribution in [2.45, 2.75) is 29.7 Å². The number of hydrogen-bond donors (Lipinski definition) is 3. The summed E-state index contributed by atoms with van der Waals surface area (Å²) in [4.78, 5) is 18.4. The van der Waals surface area contributed by atoms with Crippen LogP contribution in [0.25, 0.3) is 0 Å². The summed E-state index contributed by atoms with van der Waals surface area (Å²) in [6.07, 6.45) is 0.787. The van der Waals surface area contributed by atoms with Crippen molar-refractivity contribution in [2.24, 2.45) is 0 Å². The molecule has 9 heteroatoms. The first-order valence-corrected chi connectivity index (χ1v) is 16.7. The summed E-state index contributed by atoms with van der Waals surface area (Å²) < 4.78 is 0. The van der Waals surface area contributed by atoms with Gasteiger partial charge >= 0.3 is 0 Å². The molecule has 1 amide bonds. The Bertz CT molecular complexity index is 1820. The van der Waals surface area contributed by atoms with Gasteiger partial charge in [-0.05, 0) is 65.7 Å². The van der Waals surface area contributed by atoms with Crippen LogP contribution < -0.4 is 16.0 Å². The van der Waals surface area contributed by atoms with Crippen LogP contribution in [0.15, 0.2) is 120 Å². The van der Waals surface area contributed by atoms with Crippen molar-refractivity contribution >= 4 is 62.7 Å². The third-order valence-corrected chi connectivity index (χ3v) is 10.0. The molecule has 4 aromatic carbocycles. The minimum Gasteiger partial charge on any atom is -0.332 e. The van der Waals surface area contributed by atoms with Gasteiger partial charge in [-0.1, -0.05) is 84.9 Å². The second-order valence-corrected chi connectivity index (χ2v) is 13.3. The first kappa shape index (κ1) is 30.6. The number of thiocarbonyl (C=S) groups is 1. The van der Waals surface area contributed by atoms with E-state index in [4.69, 9.17) is 12.2 Å². The standard InChI is InChI=1S/C36H31N5OS3/c37-22-31-30-19-20-41(23-25-11-4-1-5-12-25)24-32(30)45-35(31)40-34(42)33(26-13-6-2-7-14-26)44-29-18-10-17-28(21-29)39-36(43)38-27-15-8-3-9-16-27/h1-18,21,33H,19-20,23-24H2,(H,40,42)(H2,38,39,43). The Balaban J connectivity index is 1.18. The van der Waals surface area contributed by atoms with E-state index in [-0.39, 0.29) is 5.91 Å². The van der Waals surface area contributed by atoms with Crippen molar-refractivity contribution in [1.29, 1.82) is 5.26 Å². The van der Waals surface area contributed by atoms with E-state index in [1.807, 2.05) is 91.0 Å². The monoisotopic (exact) mass is 645 g/mol. The molecule has 0 bridgehead atoms. The van der Waals surface area contributed by atoms with Gasteiger partial charge in [0.2, 0.25) is 5.91 Å². The summed E-state index contributed by atoms with van der Waals surface area (Å²) in [6, 6.07) is 40.2. The molecule has 1 aliphatic rings. The molecule has 1 unspecified atom stereocenters. The first-order valence-electron chi connectivity index (χ1n) is 14.6. The predicted octanol–water partition coefficient (Wildman–Crippen LogP) is 8.46. The fourth-order valence-corrected chi connectivity index (χ4v) is 7.88. The molecule has 0 saturated heterocycles. The first-order chi connectivity index (χ1) is 22.1. The molecule has 1 atom stereocenters. The van der Waals surface area contributed by atoms with Crippen LogP contribution in [0.3, 0.4) is 0 Å². The maximum Gasteiger partial charge on any atom is 0.243 e. The van der Waals surface area contributed by atoms with Gasteiger partial charge in [-0.3, -0.25) is 9.69 Å². The molecule has 6 nitrogen and oxygen atoms in total. The maximum absolute atomic E-state index is 14.0. The molecule has 2 heterocycles. The highest BCUT2D eigenvalue weighted by Crippen LogP contribution is 2.41. The zero-order valence-electron chi connectivity index (χ0n) is 24.4. The van der Waals surface area contributed by atoms with Gasteiger partial charge < -0.3 is 16.0 Å². The number of carbonyl (C=O) groups is 1. The molecule has 224 valence electrons. The van der Waals surface area contributed by atoms with Gasteiger partial charge in [-0.2, -0.15) is 5.26 Å². The molecule has 0 aliphatic carbocycles. The lowest BCUT2D eigenvalue weighted by Gasteiger charge is -2.26. The lowest BCUT2D eigenvalue weighted by atomic mass is 10.0. The largest absolute Gasteiger partial charge is 0.332 e. The number of nitrogens with one attached hydrogen (secondary N) is 3. The molecule has 45 heavy (non-hydrogen) atoms. The Morgan fingerprint density at radius 2 is 1.56 bits per heavy atom. The highest BCUT2D eigenvalue weighted by atomic mass is 32.2. The van der Waals surface area contributed by atoms with E-state index < -0.39 is 5.25 Å². The van der Waals surface area contributed by atoms with Gasteiger partial charge in [0.05, 0.1) is 5.56 Å². The van der Waals surface area contributed by atoms with E-state index in [0.29, 0.717) is 15.7 Å². The number of fused-ring (bicyclic) bond motifs is 1. The van der Waals surface area contributed by atoms with E-state index in [0.717, 1.165) is 58.3 Å². The Hall–Kier alpha value is -4.46. The van der Waals surface area contributed by atoms with Crippen molar-refractivity contribution in [3.05, 3.63) is 142 Å². The molecule has 3 N–H and O–H groups in total. The van der Waals surface area contributed by atoms with E-state index in [2.05, 4.69) is 51.2 Å². The topological polar surface area (TPSA) is 80.2 Å². The number of carbonyl (C=O) groups excluding carboxylic acids is 1. The number of amides is 1. The lowest BCUT2D eigenvalue weighted by Crippen LogP contribution is -2.29. The zero-order chi connectivity index (χ0) is 31.0. The van der Waals surface area contributed by atoms with Crippen molar-refractivity contribution in [3.8, 4) is 6.07 Å². The van der Waals surface area contributed by atoms with Crippen molar-refractivity contribution < 1.29 is 4.79 Å². The highest BCUT2D eigenvalue weighted by Gasteiger charge is 2.28. The van der Waals surface area contributed by atoms with Gasteiger partial charge in [0, 0.05) is 40.8 Å². The summed E-state index contributed by atoms with van der Waals surface area (Å²) >= 11 is 8.50. The average molecular weight is 646 g/mol. The van der Waals surface area contributed by atoms with Crippen LogP contribution in [0.2, 0.25) is 0 Å². The second kappa shape index (κ2) is 14.5. The summed E-state index contributed by atoms with van der Waals surface area (Å²) in [5.74, 6) is -0.165. The molecule has 6 rings (SSSR count). The normalized spacial score (nSPS) is 13.2. The van der Waals surface area contributed by atoms with E-state index >= 15 is 0 Å². The van der Waals surface area contributed by atoms with Crippen LogP contribution in [0.4, 0.5) is 16.4 Å². The summed E-state index contributed by atoms with van der Waals surface area (Å²) in [6.45, 7) is 2.49. The fraction of sp³-hybridized carbons (Fsp3) is 0.139. The highest BCUT2D eigenvalue weighted by molar-refractivity contribution is 8.00. The van der Waals surface area contributed by atoms with E-state index in [1.54, 1.807) is 0 Å². The SMILES string of the molecule is N#Cc1c(NC(=O)C(Sc2cccc(NC(=S)Nc3ccccc3)c2)c2ccccc2)sc2c1CCN(Cc1ccccc1)C2. The summed E-state index contributed by atoms with van der Waals surface area (Å²) in [5.41, 5.74) is 5.52. The third kappa shape index (κ3) is 7.80. The van der Waals surface area contributed by atoms with Gasteiger partial charge in [0.25, 0.3) is 0 Å². The van der Waals surface area contributed by atoms with Crippen molar-refractivity contribution in [2.75, 3.05) is 22.5 Å². The number of thioether (sulfide) groups is 1. The number of nitriles is 1. The van der Waals surface area contributed by atoms with E-state index in [1.165, 1.54) is 28.7 Å². The number of anilines is 3. The molecule has 1 aliphatic heterocycles. The van der Waals surface area contributed by atoms with Gasteiger partial charge in [0.15, 0.2) is 5.11 Å². The lowest BCUT2D eigenvalue weighted by molar-refractivity contribution is -0.115. The molecule has 0 saturated carbocycles. The van der Waals surface area contributed by atoms with Crippen molar-refractivity contribution in [3.63, 3.8) is 0 Å². The zero-order valence-corrected chi connectivity index (χ0v) is 26.9. The van der Waals surface area contributed by atoms with Gasteiger partial charge in [0.1, 0.15) is 16.3 Å². The minimum absolute atomic E-state index is 0.165. The Labute approximate surface area is 277 Å². The fourth-order valence-electron chi connectivity index (χ4n) is 5.32. The molecular formula is C36H31N5OS3. The molecule has 0 radical (unpaired) electrons. The van der Waals surface area contributed by atoms with Crippen LogP contribution in [0, 0.1) is 11.3 Å². The third-order valence-electron chi connectivity index (χ3n) is 7.45. The Kier molecular flexibility index (Phi) is 9.88. The number of thiophene rings is 1. The number of hydrogen-bond acceptors (Lipinski definition) is 6. The van der Waals surface area contributed by atoms with E-state index in [9.17, 15) is 10.1 Å². The number of para-hydroxylation sites is 1. The molecule has 0 fully saturated rings. The second-order valence-electron chi connectivity index (χ2n) is 10.6. The minimum atomic E-state index is -0.531. The van der Waals surface area contributed by atoms with Gasteiger partial charge in [-0.25, -0.2) is 0 Å². The smallest absolute Gasteiger partial charge is 0.243 e. The summed E-state index contributed by atoms with van der Waals surface area (Å²) in [7, 11) is 0.